The molecule has 0 saturated heterocycles. The van der Waals surface area contributed by atoms with Gasteiger partial charge in [-0.25, -0.2) is 4.79 Å². The number of carboxylic acid groups (broad SMARTS) is 1. The number of hydrogen-bond acceptors (Lipinski definition) is 5. The highest BCUT2D eigenvalue weighted by Crippen LogP contribution is 2.18. The van der Waals surface area contributed by atoms with Gasteiger partial charge in [-0.2, -0.15) is 4.98 Å². The first-order chi connectivity index (χ1) is 9.38. The van der Waals surface area contributed by atoms with E-state index in [9.17, 15) is 14.4 Å². The lowest BCUT2D eigenvalue weighted by atomic mass is 10.1. The fraction of sp³-hybridized carbons (Fsp3) is 0.500. The largest absolute Gasteiger partial charge is 0.481 e. The second-order valence-electron chi connectivity index (χ2n) is 4.23. The zero-order valence-electron chi connectivity index (χ0n) is 11.5. The SMILES string of the molecule is CCC(CC(=O)O)NC(=O)c1c(SC)nc(=O)[nH]c1C. The molecule has 0 saturated carbocycles. The zero-order valence-corrected chi connectivity index (χ0v) is 12.3. The lowest BCUT2D eigenvalue weighted by Gasteiger charge is -2.16. The predicted octanol–water partition coefficient (Wildman–Crippen LogP) is 0.783. The standard InChI is InChI=1S/C12H17N3O4S/c1-4-7(5-8(16)17)14-10(18)9-6(2)13-12(19)15-11(9)20-3/h7H,4-5H2,1-3H3,(H,14,18)(H,16,17)(H,13,15,19). The summed E-state index contributed by atoms with van der Waals surface area (Å²) in [5.41, 5.74) is 0.180. The average Bonchev–Trinajstić information content (AvgIpc) is 2.35. The number of rotatable bonds is 6. The molecule has 110 valence electrons. The lowest BCUT2D eigenvalue weighted by molar-refractivity contribution is -0.137. The van der Waals surface area contributed by atoms with Crippen LogP contribution < -0.4 is 11.0 Å². The molecule has 0 aliphatic rings. The van der Waals surface area contributed by atoms with Crippen molar-refractivity contribution in [3.8, 4) is 0 Å². The minimum Gasteiger partial charge on any atom is -0.481 e. The van der Waals surface area contributed by atoms with E-state index < -0.39 is 23.6 Å². The first-order valence-corrected chi connectivity index (χ1v) is 7.29. The van der Waals surface area contributed by atoms with Crippen molar-refractivity contribution in [2.24, 2.45) is 0 Å². The summed E-state index contributed by atoms with van der Waals surface area (Å²) >= 11 is 1.19. The van der Waals surface area contributed by atoms with Gasteiger partial charge in [-0.1, -0.05) is 6.92 Å². The van der Waals surface area contributed by atoms with E-state index in [0.717, 1.165) is 0 Å². The summed E-state index contributed by atoms with van der Waals surface area (Å²) < 4.78 is 0. The summed E-state index contributed by atoms with van der Waals surface area (Å²) in [6.45, 7) is 3.40. The highest BCUT2D eigenvalue weighted by molar-refractivity contribution is 7.98. The van der Waals surface area contributed by atoms with E-state index in [0.29, 0.717) is 17.1 Å². The molecule has 1 heterocycles. The predicted molar refractivity (Wildman–Crippen MR) is 75.2 cm³/mol. The average molecular weight is 299 g/mol. The Balaban J connectivity index is 3.03. The van der Waals surface area contributed by atoms with Crippen LogP contribution in [0.2, 0.25) is 0 Å². The molecule has 0 spiro atoms. The van der Waals surface area contributed by atoms with Gasteiger partial charge in [0.05, 0.1) is 12.0 Å². The molecular weight excluding hydrogens is 282 g/mol. The van der Waals surface area contributed by atoms with Gasteiger partial charge in [0.15, 0.2) is 0 Å². The van der Waals surface area contributed by atoms with E-state index in [1.54, 1.807) is 20.1 Å². The van der Waals surface area contributed by atoms with Crippen LogP contribution in [0, 0.1) is 6.92 Å². The summed E-state index contributed by atoms with van der Waals surface area (Å²) in [7, 11) is 0. The van der Waals surface area contributed by atoms with Crippen molar-refractivity contribution >= 4 is 23.6 Å². The molecule has 0 radical (unpaired) electrons. The van der Waals surface area contributed by atoms with Crippen LogP contribution in [-0.4, -0.2) is 39.2 Å². The van der Waals surface area contributed by atoms with E-state index in [1.165, 1.54) is 11.8 Å². The van der Waals surface area contributed by atoms with Gasteiger partial charge in [0.1, 0.15) is 5.03 Å². The number of aryl methyl sites for hydroxylation is 1. The Kier molecular flexibility index (Phi) is 5.75. The Morgan fingerprint density at radius 2 is 2.15 bits per heavy atom. The normalized spacial score (nSPS) is 11.9. The van der Waals surface area contributed by atoms with Gasteiger partial charge < -0.3 is 15.4 Å². The number of aliphatic carboxylic acids is 1. The first-order valence-electron chi connectivity index (χ1n) is 6.06. The first kappa shape index (κ1) is 16.2. The Labute approximate surface area is 120 Å². The maximum atomic E-state index is 12.2. The molecule has 0 fully saturated rings. The molecule has 0 aromatic carbocycles. The van der Waals surface area contributed by atoms with Crippen LogP contribution in [0.25, 0.3) is 0 Å². The van der Waals surface area contributed by atoms with Crippen LogP contribution >= 0.6 is 11.8 Å². The van der Waals surface area contributed by atoms with Crippen molar-refractivity contribution in [1.29, 1.82) is 0 Å². The van der Waals surface area contributed by atoms with Gasteiger partial charge in [-0.3, -0.25) is 9.59 Å². The number of hydrogen-bond donors (Lipinski definition) is 3. The fourth-order valence-electron chi connectivity index (χ4n) is 1.74. The maximum Gasteiger partial charge on any atom is 0.346 e. The summed E-state index contributed by atoms with van der Waals surface area (Å²) in [6.07, 6.45) is 2.07. The minimum absolute atomic E-state index is 0.146. The molecule has 1 unspecified atom stereocenters. The van der Waals surface area contributed by atoms with Crippen molar-refractivity contribution in [3.63, 3.8) is 0 Å². The summed E-state index contributed by atoms with van der Waals surface area (Å²) in [4.78, 5) is 40.4. The van der Waals surface area contributed by atoms with Crippen LogP contribution in [0.5, 0.6) is 0 Å². The number of carboxylic acids is 1. The van der Waals surface area contributed by atoms with Gasteiger partial charge in [0.25, 0.3) is 5.91 Å². The van der Waals surface area contributed by atoms with E-state index in [4.69, 9.17) is 5.11 Å². The number of carbonyl (C=O) groups excluding carboxylic acids is 1. The molecule has 3 N–H and O–H groups in total. The van der Waals surface area contributed by atoms with Crippen molar-refractivity contribution in [1.82, 2.24) is 15.3 Å². The number of aromatic amines is 1. The zero-order chi connectivity index (χ0) is 15.3. The Bertz CT molecular complexity index is 570. The van der Waals surface area contributed by atoms with Gasteiger partial charge in [-0.15, -0.1) is 11.8 Å². The smallest absolute Gasteiger partial charge is 0.346 e. The summed E-state index contributed by atoms with van der Waals surface area (Å²) in [5, 5.41) is 11.8. The van der Waals surface area contributed by atoms with E-state index in [-0.39, 0.29) is 12.0 Å². The van der Waals surface area contributed by atoms with Crippen LogP contribution in [-0.2, 0) is 4.79 Å². The number of carbonyl (C=O) groups is 2. The Morgan fingerprint density at radius 3 is 2.65 bits per heavy atom. The molecule has 1 rings (SSSR count). The fourth-order valence-corrected chi connectivity index (χ4v) is 2.36. The maximum absolute atomic E-state index is 12.2. The molecule has 7 nitrogen and oxygen atoms in total. The number of nitrogens with zero attached hydrogens (tertiary/aromatic N) is 1. The van der Waals surface area contributed by atoms with Crippen LogP contribution in [0.4, 0.5) is 0 Å². The molecular formula is C12H17N3O4S. The van der Waals surface area contributed by atoms with Gasteiger partial charge in [0.2, 0.25) is 0 Å². The van der Waals surface area contributed by atoms with E-state index >= 15 is 0 Å². The number of nitrogens with one attached hydrogen (secondary N) is 2. The molecule has 0 aliphatic carbocycles. The van der Waals surface area contributed by atoms with E-state index in [2.05, 4.69) is 15.3 Å². The van der Waals surface area contributed by atoms with Crippen LogP contribution in [0.1, 0.15) is 35.8 Å². The minimum atomic E-state index is -0.974. The van der Waals surface area contributed by atoms with Crippen molar-refractivity contribution < 1.29 is 14.7 Å². The second-order valence-corrected chi connectivity index (χ2v) is 5.02. The Hall–Kier alpha value is -1.83. The third-order valence-corrected chi connectivity index (χ3v) is 3.44. The van der Waals surface area contributed by atoms with Gasteiger partial charge in [0, 0.05) is 11.7 Å². The van der Waals surface area contributed by atoms with Crippen molar-refractivity contribution in [2.75, 3.05) is 6.26 Å². The molecule has 1 amide bonds. The van der Waals surface area contributed by atoms with Crippen molar-refractivity contribution in [3.05, 3.63) is 21.7 Å². The highest BCUT2D eigenvalue weighted by Gasteiger charge is 2.20. The number of amides is 1. The van der Waals surface area contributed by atoms with Gasteiger partial charge >= 0.3 is 11.7 Å². The third kappa shape index (κ3) is 4.09. The molecule has 20 heavy (non-hydrogen) atoms. The van der Waals surface area contributed by atoms with E-state index in [1.807, 2.05) is 0 Å². The topological polar surface area (TPSA) is 112 Å². The molecule has 8 heteroatoms. The molecule has 1 aromatic heterocycles. The molecule has 1 atom stereocenters. The number of aromatic nitrogens is 2. The quantitative estimate of drug-likeness (QED) is 0.528. The van der Waals surface area contributed by atoms with Gasteiger partial charge in [-0.05, 0) is 19.6 Å². The third-order valence-electron chi connectivity index (χ3n) is 2.76. The highest BCUT2D eigenvalue weighted by atomic mass is 32.2. The molecule has 0 aliphatic heterocycles. The molecule has 1 aromatic rings. The summed E-state index contributed by atoms with van der Waals surface area (Å²) in [5.74, 6) is -1.40. The lowest BCUT2D eigenvalue weighted by Crippen LogP contribution is -2.37. The Morgan fingerprint density at radius 1 is 1.50 bits per heavy atom. The number of H-pyrrole nitrogens is 1. The second kappa shape index (κ2) is 7.09. The van der Waals surface area contributed by atoms with Crippen LogP contribution in [0.3, 0.4) is 0 Å². The van der Waals surface area contributed by atoms with Crippen LogP contribution in [0.15, 0.2) is 9.82 Å². The van der Waals surface area contributed by atoms with Crippen molar-refractivity contribution in [2.45, 2.75) is 37.8 Å². The summed E-state index contributed by atoms with van der Waals surface area (Å²) in [6, 6.07) is -0.457. The monoisotopic (exact) mass is 299 g/mol. The number of thioether (sulfide) groups is 1. The molecule has 0 bridgehead atoms.